The number of nitrogens with zero attached hydrogens (tertiary/aromatic N) is 3. The van der Waals surface area contributed by atoms with Gasteiger partial charge in [0.15, 0.2) is 10.9 Å². The summed E-state index contributed by atoms with van der Waals surface area (Å²) >= 11 is 5.40. The van der Waals surface area contributed by atoms with E-state index in [0.717, 1.165) is 61.7 Å². The van der Waals surface area contributed by atoms with Gasteiger partial charge in [0, 0.05) is 37.2 Å². The van der Waals surface area contributed by atoms with Gasteiger partial charge in [-0.05, 0) is 50.0 Å². The van der Waals surface area contributed by atoms with E-state index in [1.807, 2.05) is 12.1 Å². The number of nitrogens with one attached hydrogen (secondary N) is 2. The van der Waals surface area contributed by atoms with Gasteiger partial charge >= 0.3 is 5.97 Å². The molecule has 0 saturated carbocycles. The number of carbonyl (C=O) groups excluding carboxylic acids is 1. The molecule has 0 amide bonds. The van der Waals surface area contributed by atoms with E-state index in [2.05, 4.69) is 42.3 Å². The first kappa shape index (κ1) is 21.2. The van der Waals surface area contributed by atoms with Crippen LogP contribution in [-0.4, -0.2) is 39.5 Å². The van der Waals surface area contributed by atoms with Gasteiger partial charge in [0.1, 0.15) is 5.82 Å². The number of hydrogen-bond acceptors (Lipinski definition) is 5. The minimum Gasteiger partial charge on any atom is -0.469 e. The molecule has 2 N–H and O–H groups in total. The highest BCUT2D eigenvalue weighted by atomic mass is 32.1. The lowest BCUT2D eigenvalue weighted by Crippen LogP contribution is -2.29. The van der Waals surface area contributed by atoms with Crippen LogP contribution in [0.4, 0.5) is 5.69 Å². The quantitative estimate of drug-likeness (QED) is 0.387. The normalized spacial score (nSPS) is 13.3. The predicted octanol–water partition coefficient (Wildman–Crippen LogP) is 3.69. The third kappa shape index (κ3) is 6.25. The highest BCUT2D eigenvalue weighted by Gasteiger charge is 2.16. The largest absolute Gasteiger partial charge is 0.469 e. The van der Waals surface area contributed by atoms with E-state index in [9.17, 15) is 4.79 Å². The fraction of sp³-hybridized carbons (Fsp3) is 0.524. The number of fused-ring (bicyclic) bond motifs is 1. The number of unbranched alkanes of at least 4 members (excludes halogenated alkanes) is 2. The Hall–Kier alpha value is -2.48. The van der Waals surface area contributed by atoms with Crippen LogP contribution in [0.15, 0.2) is 24.3 Å². The number of ether oxygens (including phenoxy) is 1. The van der Waals surface area contributed by atoms with Gasteiger partial charge in [-0.15, -0.1) is 10.2 Å². The van der Waals surface area contributed by atoms with Crippen molar-refractivity contribution in [3.8, 4) is 11.4 Å². The first-order valence-electron chi connectivity index (χ1n) is 10.3. The molecule has 2 aromatic rings. The number of methoxy groups -OCH3 is 1. The Labute approximate surface area is 177 Å². The number of rotatable bonds is 8. The molecule has 8 heteroatoms. The number of aromatic nitrogens is 3. The van der Waals surface area contributed by atoms with Crippen LogP contribution in [0.25, 0.3) is 11.4 Å². The first-order chi connectivity index (χ1) is 14.2. The Morgan fingerprint density at radius 3 is 2.97 bits per heavy atom. The van der Waals surface area contributed by atoms with Crippen molar-refractivity contribution in [3.05, 3.63) is 30.1 Å². The standard InChI is InChI=1S/C21H29N5O2S/c1-28-19(27)12-5-2-6-13-22-21(29)23-17-10-8-9-16(15-17)20-25-24-18-11-4-3-7-14-26(18)20/h8-10,15H,2-7,11-14H2,1H3,(H2,22,23,29). The van der Waals surface area contributed by atoms with Crippen LogP contribution in [0.5, 0.6) is 0 Å². The third-order valence-electron chi connectivity index (χ3n) is 5.06. The molecule has 1 aromatic heterocycles. The Morgan fingerprint density at radius 1 is 1.21 bits per heavy atom. The lowest BCUT2D eigenvalue weighted by Gasteiger charge is -2.12. The number of benzene rings is 1. The molecule has 0 fully saturated rings. The van der Waals surface area contributed by atoms with Crippen molar-refractivity contribution in [3.63, 3.8) is 0 Å². The third-order valence-corrected chi connectivity index (χ3v) is 5.31. The highest BCUT2D eigenvalue weighted by molar-refractivity contribution is 7.80. The van der Waals surface area contributed by atoms with Gasteiger partial charge in [-0.1, -0.05) is 25.0 Å². The van der Waals surface area contributed by atoms with Gasteiger partial charge in [-0.2, -0.15) is 0 Å². The van der Waals surface area contributed by atoms with Crippen molar-refractivity contribution < 1.29 is 9.53 Å². The Balaban J connectivity index is 1.49. The fourth-order valence-corrected chi connectivity index (χ4v) is 3.70. The zero-order valence-electron chi connectivity index (χ0n) is 16.9. The maximum absolute atomic E-state index is 11.1. The lowest BCUT2D eigenvalue weighted by atomic mass is 10.2. The van der Waals surface area contributed by atoms with Gasteiger partial charge < -0.3 is 19.9 Å². The second-order valence-corrected chi connectivity index (χ2v) is 7.66. The predicted molar refractivity (Wildman–Crippen MR) is 118 cm³/mol. The molecule has 0 saturated heterocycles. The topological polar surface area (TPSA) is 81.1 Å². The van der Waals surface area contributed by atoms with E-state index in [0.29, 0.717) is 11.5 Å². The minimum atomic E-state index is -0.153. The summed E-state index contributed by atoms with van der Waals surface area (Å²) in [5.41, 5.74) is 1.97. The summed E-state index contributed by atoms with van der Waals surface area (Å²) in [5, 5.41) is 15.9. The molecule has 2 heterocycles. The summed E-state index contributed by atoms with van der Waals surface area (Å²) in [6, 6.07) is 8.12. The second-order valence-electron chi connectivity index (χ2n) is 7.25. The van der Waals surface area contributed by atoms with Crippen LogP contribution in [-0.2, 0) is 22.5 Å². The van der Waals surface area contributed by atoms with Crippen LogP contribution >= 0.6 is 12.2 Å². The van der Waals surface area contributed by atoms with Crippen molar-refractivity contribution >= 4 is 29.0 Å². The second kappa shape index (κ2) is 10.9. The first-order valence-corrected chi connectivity index (χ1v) is 10.7. The molecule has 7 nitrogen and oxygen atoms in total. The Morgan fingerprint density at radius 2 is 2.10 bits per heavy atom. The molecule has 29 heavy (non-hydrogen) atoms. The molecule has 3 rings (SSSR count). The monoisotopic (exact) mass is 415 g/mol. The average molecular weight is 416 g/mol. The molecule has 1 aromatic carbocycles. The molecular formula is C21H29N5O2S. The van der Waals surface area contributed by atoms with Crippen LogP contribution in [0, 0.1) is 0 Å². The van der Waals surface area contributed by atoms with Crippen molar-refractivity contribution in [1.82, 2.24) is 20.1 Å². The lowest BCUT2D eigenvalue weighted by molar-refractivity contribution is -0.140. The van der Waals surface area contributed by atoms with E-state index < -0.39 is 0 Å². The van der Waals surface area contributed by atoms with E-state index in [4.69, 9.17) is 12.2 Å². The Bertz CT molecular complexity index is 836. The molecule has 0 atom stereocenters. The maximum atomic E-state index is 11.1. The molecule has 0 unspecified atom stereocenters. The zero-order valence-corrected chi connectivity index (χ0v) is 17.8. The Kier molecular flexibility index (Phi) is 7.98. The van der Waals surface area contributed by atoms with Crippen LogP contribution in [0.2, 0.25) is 0 Å². The summed E-state index contributed by atoms with van der Waals surface area (Å²) in [5.74, 6) is 1.86. The summed E-state index contributed by atoms with van der Waals surface area (Å²) in [4.78, 5) is 11.1. The molecule has 156 valence electrons. The van der Waals surface area contributed by atoms with E-state index >= 15 is 0 Å². The molecule has 0 bridgehead atoms. The minimum absolute atomic E-state index is 0.153. The summed E-state index contributed by atoms with van der Waals surface area (Å²) in [6.07, 6.45) is 7.80. The van der Waals surface area contributed by atoms with E-state index in [1.54, 1.807) is 0 Å². The van der Waals surface area contributed by atoms with Crippen molar-refractivity contribution in [2.75, 3.05) is 19.0 Å². The van der Waals surface area contributed by atoms with Crippen molar-refractivity contribution in [2.24, 2.45) is 0 Å². The van der Waals surface area contributed by atoms with Gasteiger partial charge in [-0.3, -0.25) is 4.79 Å². The van der Waals surface area contributed by atoms with E-state index in [1.165, 1.54) is 26.4 Å². The molecule has 0 spiro atoms. The summed E-state index contributed by atoms with van der Waals surface area (Å²) in [7, 11) is 1.42. The number of aryl methyl sites for hydroxylation is 1. The molecule has 0 aliphatic carbocycles. The molecule has 1 aliphatic rings. The van der Waals surface area contributed by atoms with Crippen LogP contribution < -0.4 is 10.6 Å². The number of anilines is 1. The van der Waals surface area contributed by atoms with Crippen LogP contribution in [0.1, 0.15) is 50.8 Å². The van der Waals surface area contributed by atoms with E-state index in [-0.39, 0.29) is 5.97 Å². The molecule has 1 aliphatic heterocycles. The summed E-state index contributed by atoms with van der Waals surface area (Å²) in [6.45, 7) is 1.75. The van der Waals surface area contributed by atoms with Gasteiger partial charge in [0.2, 0.25) is 0 Å². The van der Waals surface area contributed by atoms with Crippen molar-refractivity contribution in [2.45, 2.75) is 57.9 Å². The van der Waals surface area contributed by atoms with Crippen molar-refractivity contribution in [1.29, 1.82) is 0 Å². The number of hydrogen-bond donors (Lipinski definition) is 2. The number of esters is 1. The zero-order chi connectivity index (χ0) is 20.5. The van der Waals surface area contributed by atoms with Crippen LogP contribution in [0.3, 0.4) is 0 Å². The fourth-order valence-electron chi connectivity index (χ4n) is 3.49. The molecular weight excluding hydrogens is 386 g/mol. The van der Waals surface area contributed by atoms with Gasteiger partial charge in [0.05, 0.1) is 7.11 Å². The average Bonchev–Trinajstić information content (AvgIpc) is 2.98. The summed E-state index contributed by atoms with van der Waals surface area (Å²) < 4.78 is 6.89. The number of carbonyl (C=O) groups is 1. The SMILES string of the molecule is COC(=O)CCCCCNC(=S)Nc1cccc(-c2nnc3n2CCCCC3)c1. The smallest absolute Gasteiger partial charge is 0.305 e. The number of thiocarbonyl (C=S) groups is 1. The van der Waals surface area contributed by atoms with Gasteiger partial charge in [0.25, 0.3) is 0 Å². The molecule has 0 radical (unpaired) electrons. The van der Waals surface area contributed by atoms with Gasteiger partial charge in [-0.25, -0.2) is 0 Å². The maximum Gasteiger partial charge on any atom is 0.305 e. The highest BCUT2D eigenvalue weighted by Crippen LogP contribution is 2.24.